The molecule has 0 aliphatic heterocycles. The summed E-state index contributed by atoms with van der Waals surface area (Å²) in [5.41, 5.74) is 0.349. The summed E-state index contributed by atoms with van der Waals surface area (Å²) in [6, 6.07) is 13.7. The number of ether oxygens (including phenoxy) is 3. The lowest BCUT2D eigenvalue weighted by molar-refractivity contribution is -0.143. The van der Waals surface area contributed by atoms with Gasteiger partial charge in [-0.05, 0) is 30.3 Å². The van der Waals surface area contributed by atoms with Crippen molar-refractivity contribution < 1.29 is 23.8 Å². The number of hydrogen-bond acceptors (Lipinski definition) is 5. The van der Waals surface area contributed by atoms with Gasteiger partial charge in [0.1, 0.15) is 31.3 Å². The van der Waals surface area contributed by atoms with Crippen LogP contribution in [-0.2, 0) is 9.53 Å². The SMILES string of the molecule is COc1ccccc1C(=O)NCC(=O)OCCOc1cccc(Cl)c1. The number of halogens is 1. The van der Waals surface area contributed by atoms with Crippen molar-refractivity contribution in [2.45, 2.75) is 0 Å². The molecule has 2 aromatic carbocycles. The zero-order valence-corrected chi connectivity index (χ0v) is 14.4. The molecule has 132 valence electrons. The third kappa shape index (κ3) is 6.00. The number of benzene rings is 2. The molecule has 0 aromatic heterocycles. The first kappa shape index (κ1) is 18.6. The molecule has 25 heavy (non-hydrogen) atoms. The average Bonchev–Trinajstić information content (AvgIpc) is 2.63. The van der Waals surface area contributed by atoms with Crippen molar-refractivity contribution in [2.75, 3.05) is 26.9 Å². The van der Waals surface area contributed by atoms with Crippen LogP contribution < -0.4 is 14.8 Å². The third-order valence-electron chi connectivity index (χ3n) is 3.16. The molecule has 0 heterocycles. The van der Waals surface area contributed by atoms with Crippen LogP contribution in [0.15, 0.2) is 48.5 Å². The zero-order chi connectivity index (χ0) is 18.1. The molecule has 6 nitrogen and oxygen atoms in total. The number of carbonyl (C=O) groups excluding carboxylic acids is 2. The van der Waals surface area contributed by atoms with Crippen molar-refractivity contribution in [1.82, 2.24) is 5.32 Å². The minimum absolute atomic E-state index is 0.0654. The Morgan fingerprint density at radius 2 is 1.88 bits per heavy atom. The molecule has 0 spiro atoms. The van der Waals surface area contributed by atoms with Gasteiger partial charge in [-0.25, -0.2) is 0 Å². The van der Waals surface area contributed by atoms with E-state index in [0.717, 1.165) is 0 Å². The van der Waals surface area contributed by atoms with Gasteiger partial charge in [0.05, 0.1) is 12.7 Å². The summed E-state index contributed by atoms with van der Waals surface area (Å²) < 4.78 is 15.5. The van der Waals surface area contributed by atoms with Gasteiger partial charge in [-0.3, -0.25) is 9.59 Å². The van der Waals surface area contributed by atoms with Crippen LogP contribution in [0.3, 0.4) is 0 Å². The largest absolute Gasteiger partial charge is 0.496 e. The van der Waals surface area contributed by atoms with Crippen LogP contribution in [0.25, 0.3) is 0 Å². The van der Waals surface area contributed by atoms with E-state index in [-0.39, 0.29) is 19.8 Å². The highest BCUT2D eigenvalue weighted by Crippen LogP contribution is 2.17. The minimum atomic E-state index is -0.557. The van der Waals surface area contributed by atoms with Crippen LogP contribution in [0.1, 0.15) is 10.4 Å². The second-order valence-corrected chi connectivity index (χ2v) is 5.35. The molecule has 1 amide bonds. The molecule has 2 aromatic rings. The fourth-order valence-corrected chi connectivity index (χ4v) is 2.18. The normalized spacial score (nSPS) is 10.0. The number of para-hydroxylation sites is 1. The van der Waals surface area contributed by atoms with Gasteiger partial charge in [-0.1, -0.05) is 29.8 Å². The lowest BCUT2D eigenvalue weighted by Gasteiger charge is -2.10. The van der Waals surface area contributed by atoms with Gasteiger partial charge in [0.25, 0.3) is 5.91 Å². The molecule has 0 bridgehead atoms. The van der Waals surface area contributed by atoms with Crippen LogP contribution in [0, 0.1) is 0 Å². The standard InChI is InChI=1S/C18H18ClNO5/c1-23-16-8-3-2-7-15(16)18(22)20-12-17(21)25-10-9-24-14-6-4-5-13(19)11-14/h2-8,11H,9-10,12H2,1H3,(H,20,22). The van der Waals surface area contributed by atoms with Gasteiger partial charge in [0.15, 0.2) is 0 Å². The average molecular weight is 364 g/mol. The van der Waals surface area contributed by atoms with Gasteiger partial charge < -0.3 is 19.5 Å². The van der Waals surface area contributed by atoms with Gasteiger partial charge in [0, 0.05) is 5.02 Å². The van der Waals surface area contributed by atoms with Crippen molar-refractivity contribution in [1.29, 1.82) is 0 Å². The fourth-order valence-electron chi connectivity index (χ4n) is 2.00. The summed E-state index contributed by atoms with van der Waals surface area (Å²) in [5.74, 6) is 0.0545. The second-order valence-electron chi connectivity index (χ2n) is 4.91. The molecule has 0 saturated heterocycles. The van der Waals surface area contributed by atoms with E-state index in [1.807, 2.05) is 0 Å². The highest BCUT2D eigenvalue weighted by molar-refractivity contribution is 6.30. The number of carbonyl (C=O) groups is 2. The molecule has 0 atom stereocenters. The van der Waals surface area contributed by atoms with Gasteiger partial charge in [0.2, 0.25) is 0 Å². The maximum atomic E-state index is 12.0. The van der Waals surface area contributed by atoms with Crippen LogP contribution >= 0.6 is 11.6 Å². The van der Waals surface area contributed by atoms with Crippen molar-refractivity contribution in [3.8, 4) is 11.5 Å². The fraction of sp³-hybridized carbons (Fsp3) is 0.222. The van der Waals surface area contributed by atoms with E-state index in [9.17, 15) is 9.59 Å². The number of amides is 1. The molecule has 0 fully saturated rings. The Kier molecular flexibility index (Phi) is 7.10. The number of methoxy groups -OCH3 is 1. The first-order chi connectivity index (χ1) is 12.1. The van der Waals surface area contributed by atoms with E-state index >= 15 is 0 Å². The Morgan fingerprint density at radius 3 is 2.64 bits per heavy atom. The molecule has 7 heteroatoms. The Hall–Kier alpha value is -2.73. The van der Waals surface area contributed by atoms with Crippen LogP contribution in [0.2, 0.25) is 5.02 Å². The van der Waals surface area contributed by atoms with Crippen molar-refractivity contribution in [3.63, 3.8) is 0 Å². The van der Waals surface area contributed by atoms with E-state index in [0.29, 0.717) is 22.1 Å². The predicted molar refractivity (Wildman–Crippen MR) is 93.2 cm³/mol. The third-order valence-corrected chi connectivity index (χ3v) is 3.39. The molecular formula is C18H18ClNO5. The minimum Gasteiger partial charge on any atom is -0.496 e. The van der Waals surface area contributed by atoms with Gasteiger partial charge in [-0.15, -0.1) is 0 Å². The summed E-state index contributed by atoms with van der Waals surface area (Å²) >= 11 is 5.84. The molecule has 1 N–H and O–H groups in total. The Balaban J connectivity index is 1.69. The molecular weight excluding hydrogens is 346 g/mol. The molecule has 0 saturated carbocycles. The van der Waals surface area contributed by atoms with E-state index in [2.05, 4.69) is 5.32 Å². The maximum Gasteiger partial charge on any atom is 0.325 e. The Morgan fingerprint density at radius 1 is 1.08 bits per heavy atom. The number of esters is 1. The topological polar surface area (TPSA) is 73.9 Å². The van der Waals surface area contributed by atoms with Crippen LogP contribution in [-0.4, -0.2) is 38.7 Å². The van der Waals surface area contributed by atoms with Crippen molar-refractivity contribution >= 4 is 23.5 Å². The Labute approximate surface area is 150 Å². The smallest absolute Gasteiger partial charge is 0.325 e. The van der Waals surface area contributed by atoms with E-state index in [4.69, 9.17) is 25.8 Å². The summed E-state index contributed by atoms with van der Waals surface area (Å²) in [6.07, 6.45) is 0. The lowest BCUT2D eigenvalue weighted by atomic mass is 10.2. The Bertz CT molecular complexity index is 735. The first-order valence-electron chi connectivity index (χ1n) is 7.55. The second kappa shape index (κ2) is 9.54. The first-order valence-corrected chi connectivity index (χ1v) is 7.93. The zero-order valence-electron chi connectivity index (χ0n) is 13.7. The highest BCUT2D eigenvalue weighted by Gasteiger charge is 2.13. The van der Waals surface area contributed by atoms with E-state index in [1.165, 1.54) is 7.11 Å². The number of hydrogen-bond donors (Lipinski definition) is 1. The van der Waals surface area contributed by atoms with Crippen LogP contribution in [0.4, 0.5) is 0 Å². The van der Waals surface area contributed by atoms with E-state index < -0.39 is 11.9 Å². The van der Waals surface area contributed by atoms with Crippen molar-refractivity contribution in [3.05, 3.63) is 59.1 Å². The van der Waals surface area contributed by atoms with E-state index in [1.54, 1.807) is 48.5 Å². The molecule has 0 aliphatic carbocycles. The molecule has 0 unspecified atom stereocenters. The predicted octanol–water partition coefficient (Wildman–Crippen LogP) is 2.70. The quantitative estimate of drug-likeness (QED) is 0.576. The molecule has 0 aliphatic rings. The summed E-state index contributed by atoms with van der Waals surface area (Å²) in [6.45, 7) is 0.0104. The van der Waals surface area contributed by atoms with Crippen LogP contribution in [0.5, 0.6) is 11.5 Å². The van der Waals surface area contributed by atoms with Gasteiger partial charge in [-0.2, -0.15) is 0 Å². The summed E-state index contributed by atoms with van der Waals surface area (Å²) in [7, 11) is 1.47. The maximum absolute atomic E-state index is 12.0. The highest BCUT2D eigenvalue weighted by atomic mass is 35.5. The molecule has 0 radical (unpaired) electrons. The summed E-state index contributed by atoms with van der Waals surface area (Å²) in [4.78, 5) is 23.7. The number of rotatable bonds is 8. The van der Waals surface area contributed by atoms with Crippen molar-refractivity contribution in [2.24, 2.45) is 0 Å². The monoisotopic (exact) mass is 363 g/mol. The summed E-state index contributed by atoms with van der Waals surface area (Å²) in [5, 5.41) is 3.05. The number of nitrogens with one attached hydrogen (secondary N) is 1. The molecule has 2 rings (SSSR count). The lowest BCUT2D eigenvalue weighted by Crippen LogP contribution is -2.31. The van der Waals surface area contributed by atoms with Gasteiger partial charge >= 0.3 is 5.97 Å².